The zero-order chi connectivity index (χ0) is 13.5. The molecule has 5 heteroatoms. The lowest BCUT2D eigenvalue weighted by Crippen LogP contribution is -2.04. The van der Waals surface area contributed by atoms with E-state index >= 15 is 0 Å². The molecule has 0 atom stereocenters. The molecule has 0 amide bonds. The van der Waals surface area contributed by atoms with Crippen LogP contribution in [-0.2, 0) is 0 Å². The Bertz CT molecular complexity index is 381. The van der Waals surface area contributed by atoms with Gasteiger partial charge in [0.2, 0.25) is 0 Å². The van der Waals surface area contributed by atoms with Gasteiger partial charge in [-0.05, 0) is 25.5 Å². The van der Waals surface area contributed by atoms with Gasteiger partial charge in [-0.25, -0.2) is 13.2 Å². The Morgan fingerprint density at radius 3 is 2.33 bits per heavy atom. The topological polar surface area (TPSA) is 18.5 Å². The molecular formula is C13H17F3O2. The van der Waals surface area contributed by atoms with Crippen LogP contribution < -0.4 is 9.47 Å². The second-order valence-corrected chi connectivity index (χ2v) is 3.73. The normalized spacial score (nSPS) is 10.8. The summed E-state index contributed by atoms with van der Waals surface area (Å²) in [6, 6.07) is 2.64. The van der Waals surface area contributed by atoms with E-state index < -0.39 is 17.8 Å². The van der Waals surface area contributed by atoms with Crippen LogP contribution in [0.4, 0.5) is 13.2 Å². The van der Waals surface area contributed by atoms with Crippen LogP contribution in [0.5, 0.6) is 11.5 Å². The largest absolute Gasteiger partial charge is 0.493 e. The summed E-state index contributed by atoms with van der Waals surface area (Å²) in [5, 5.41) is 0. The predicted molar refractivity (Wildman–Crippen MR) is 62.9 cm³/mol. The summed E-state index contributed by atoms with van der Waals surface area (Å²) in [6.45, 7) is 4.13. The molecule has 2 nitrogen and oxygen atoms in total. The van der Waals surface area contributed by atoms with E-state index in [2.05, 4.69) is 0 Å². The average molecular weight is 262 g/mol. The summed E-state index contributed by atoms with van der Waals surface area (Å²) < 4.78 is 49.6. The van der Waals surface area contributed by atoms with Crippen LogP contribution in [-0.4, -0.2) is 13.2 Å². The Morgan fingerprint density at radius 2 is 1.78 bits per heavy atom. The molecule has 1 rings (SSSR count). The van der Waals surface area contributed by atoms with Crippen LogP contribution in [0.25, 0.3) is 0 Å². The predicted octanol–water partition coefficient (Wildman–Crippen LogP) is 4.34. The van der Waals surface area contributed by atoms with Gasteiger partial charge in [0.15, 0.2) is 11.6 Å². The van der Waals surface area contributed by atoms with Gasteiger partial charge in [0, 0.05) is 0 Å². The van der Waals surface area contributed by atoms with E-state index in [1.54, 1.807) is 6.92 Å². The number of halogens is 3. The third-order valence-electron chi connectivity index (χ3n) is 2.38. The zero-order valence-electron chi connectivity index (χ0n) is 10.5. The highest BCUT2D eigenvalue weighted by Gasteiger charge is 2.23. The van der Waals surface area contributed by atoms with E-state index in [1.165, 1.54) is 12.1 Å². The maximum atomic E-state index is 13.8. The van der Waals surface area contributed by atoms with Gasteiger partial charge in [0.25, 0.3) is 6.43 Å². The van der Waals surface area contributed by atoms with Crippen LogP contribution in [0.1, 0.15) is 38.7 Å². The minimum absolute atomic E-state index is 0.132. The van der Waals surface area contributed by atoms with Gasteiger partial charge in [-0.1, -0.05) is 13.3 Å². The lowest BCUT2D eigenvalue weighted by Gasteiger charge is -2.14. The number of hydrogen-bond acceptors (Lipinski definition) is 2. The molecule has 0 saturated carbocycles. The second kappa shape index (κ2) is 7.13. The van der Waals surface area contributed by atoms with Crippen molar-refractivity contribution in [1.29, 1.82) is 0 Å². The van der Waals surface area contributed by atoms with E-state index in [9.17, 15) is 13.2 Å². The van der Waals surface area contributed by atoms with Crippen molar-refractivity contribution in [2.24, 2.45) is 0 Å². The Hall–Kier alpha value is -1.39. The fraction of sp³-hybridized carbons (Fsp3) is 0.538. The van der Waals surface area contributed by atoms with Crippen molar-refractivity contribution in [3.63, 3.8) is 0 Å². The van der Waals surface area contributed by atoms with Gasteiger partial charge < -0.3 is 9.47 Å². The molecule has 0 aromatic heterocycles. The lowest BCUT2D eigenvalue weighted by atomic mass is 10.1. The molecule has 0 aliphatic rings. The van der Waals surface area contributed by atoms with Gasteiger partial charge in [0.1, 0.15) is 5.75 Å². The Kier molecular flexibility index (Phi) is 5.82. The van der Waals surface area contributed by atoms with Crippen molar-refractivity contribution in [3.8, 4) is 11.5 Å². The van der Waals surface area contributed by atoms with Gasteiger partial charge >= 0.3 is 0 Å². The monoisotopic (exact) mass is 262 g/mol. The molecule has 0 bridgehead atoms. The third kappa shape index (κ3) is 3.55. The van der Waals surface area contributed by atoms with Crippen molar-refractivity contribution in [2.45, 2.75) is 33.1 Å². The quantitative estimate of drug-likeness (QED) is 0.680. The van der Waals surface area contributed by atoms with Gasteiger partial charge in [-0.15, -0.1) is 0 Å². The molecule has 0 spiro atoms. The SMILES string of the molecule is CCCCOc1ccc(OCC)c(C(F)F)c1F. The number of rotatable bonds is 7. The number of alkyl halides is 2. The van der Waals surface area contributed by atoms with Crippen LogP contribution in [0, 0.1) is 5.82 Å². The summed E-state index contributed by atoms with van der Waals surface area (Å²) in [6.07, 6.45) is -1.29. The van der Waals surface area contributed by atoms with Crippen molar-refractivity contribution in [1.82, 2.24) is 0 Å². The van der Waals surface area contributed by atoms with Crippen molar-refractivity contribution in [3.05, 3.63) is 23.5 Å². The third-order valence-corrected chi connectivity index (χ3v) is 2.38. The smallest absolute Gasteiger partial charge is 0.270 e. The second-order valence-electron chi connectivity index (χ2n) is 3.73. The molecule has 0 heterocycles. The van der Waals surface area contributed by atoms with Crippen LogP contribution in [0.3, 0.4) is 0 Å². The molecule has 0 saturated heterocycles. The molecule has 0 N–H and O–H groups in total. The molecule has 1 aromatic carbocycles. The molecular weight excluding hydrogens is 245 g/mol. The molecule has 0 radical (unpaired) electrons. The van der Waals surface area contributed by atoms with Gasteiger partial charge in [-0.2, -0.15) is 0 Å². The summed E-state index contributed by atoms with van der Waals surface area (Å²) in [5.74, 6) is -1.32. The minimum Gasteiger partial charge on any atom is -0.493 e. The van der Waals surface area contributed by atoms with Gasteiger partial charge in [-0.3, -0.25) is 0 Å². The number of unbranched alkanes of at least 4 members (excludes halogenated alkanes) is 1. The van der Waals surface area contributed by atoms with E-state index in [4.69, 9.17) is 9.47 Å². The van der Waals surface area contributed by atoms with Crippen LogP contribution in [0.15, 0.2) is 12.1 Å². The fourth-order valence-corrected chi connectivity index (χ4v) is 1.48. The number of benzene rings is 1. The van der Waals surface area contributed by atoms with Gasteiger partial charge in [0.05, 0.1) is 18.8 Å². The number of hydrogen-bond donors (Lipinski definition) is 0. The van der Waals surface area contributed by atoms with E-state index in [0.717, 1.165) is 12.8 Å². The summed E-state index contributed by atoms with van der Waals surface area (Å²) in [5.41, 5.74) is -0.731. The maximum absolute atomic E-state index is 13.8. The van der Waals surface area contributed by atoms with E-state index in [-0.39, 0.29) is 18.1 Å². The van der Waals surface area contributed by atoms with Crippen molar-refractivity contribution >= 4 is 0 Å². The minimum atomic E-state index is -2.93. The average Bonchev–Trinajstić information content (AvgIpc) is 2.32. The Balaban J connectivity index is 2.98. The summed E-state index contributed by atoms with van der Waals surface area (Å²) in [4.78, 5) is 0. The van der Waals surface area contributed by atoms with E-state index in [0.29, 0.717) is 6.61 Å². The summed E-state index contributed by atoms with van der Waals surface area (Å²) >= 11 is 0. The zero-order valence-corrected chi connectivity index (χ0v) is 10.5. The highest BCUT2D eigenvalue weighted by molar-refractivity contribution is 5.42. The van der Waals surface area contributed by atoms with E-state index in [1.807, 2.05) is 6.92 Å². The standard InChI is InChI=1S/C13H17F3O2/c1-3-5-8-18-10-7-6-9(17-4-2)11(12(10)14)13(15)16/h6-7,13H,3-5,8H2,1-2H3. The maximum Gasteiger partial charge on any atom is 0.270 e. The first-order valence-corrected chi connectivity index (χ1v) is 5.97. The molecule has 0 aliphatic carbocycles. The fourth-order valence-electron chi connectivity index (χ4n) is 1.48. The molecule has 0 fully saturated rings. The molecule has 18 heavy (non-hydrogen) atoms. The highest BCUT2D eigenvalue weighted by Crippen LogP contribution is 2.36. The molecule has 0 aliphatic heterocycles. The summed E-state index contributed by atoms with van der Waals surface area (Å²) in [7, 11) is 0. The molecule has 1 aromatic rings. The van der Waals surface area contributed by atoms with Crippen LogP contribution in [0.2, 0.25) is 0 Å². The first-order chi connectivity index (χ1) is 8.61. The molecule has 0 unspecified atom stereocenters. The first kappa shape index (κ1) is 14.7. The highest BCUT2D eigenvalue weighted by atomic mass is 19.3. The molecule has 102 valence electrons. The van der Waals surface area contributed by atoms with Crippen molar-refractivity contribution in [2.75, 3.05) is 13.2 Å². The van der Waals surface area contributed by atoms with Crippen molar-refractivity contribution < 1.29 is 22.6 Å². The first-order valence-electron chi connectivity index (χ1n) is 5.97. The lowest BCUT2D eigenvalue weighted by molar-refractivity contribution is 0.138. The number of ether oxygens (including phenoxy) is 2. The Morgan fingerprint density at radius 1 is 1.11 bits per heavy atom. The van der Waals surface area contributed by atoms with Crippen LogP contribution >= 0.6 is 0 Å². The Labute approximate surface area is 105 Å².